The van der Waals surface area contributed by atoms with Crippen molar-refractivity contribution in [2.75, 3.05) is 30.5 Å². The molecule has 0 aliphatic heterocycles. The van der Waals surface area contributed by atoms with E-state index in [1.54, 1.807) is 0 Å². The molecule has 5 nitrogen and oxygen atoms in total. The number of aliphatic hydroxyl groups is 1. The molecule has 0 bridgehead atoms. The summed E-state index contributed by atoms with van der Waals surface area (Å²) in [6.45, 7) is 8.29. The third-order valence-corrected chi connectivity index (χ3v) is 15.3. The second-order valence-corrected chi connectivity index (χ2v) is 21.9. The highest BCUT2D eigenvalue weighted by molar-refractivity contribution is 5.80. The molecule has 0 amide bonds. The molecule has 0 radical (unpaired) electrons. The van der Waals surface area contributed by atoms with Crippen LogP contribution in [-0.2, 0) is 0 Å². The quantitative estimate of drug-likeness (QED) is 0.0389. The topological polar surface area (TPSA) is 62.8 Å². The third kappa shape index (κ3) is 32.2. The standard InChI is InChI=1S/C67H114N2O3/c1-4-7-9-11-13-15-17-19-21-23-25-27-29-31-33-35-37-39-41-48-56-71-63-58-61(65-52-46-47-53-66(65)69-67(6-3,54-55-70)68-62-50-44-43-45-51-62)59-64(60-63)72-57-49-42-40-38-36-34-32-30-28-26-24-22-20-18-16-14-12-10-8-5-2/h43-47,50-53,58-60,68-70H,4-42,48-49,54-57H2,1-3H3. The van der Waals surface area contributed by atoms with Gasteiger partial charge in [-0.3, -0.25) is 0 Å². The molecule has 1 atom stereocenters. The number of para-hydroxylation sites is 2. The summed E-state index contributed by atoms with van der Waals surface area (Å²) in [7, 11) is 0. The minimum absolute atomic E-state index is 0.0726. The smallest absolute Gasteiger partial charge is 0.123 e. The summed E-state index contributed by atoms with van der Waals surface area (Å²) in [5.74, 6) is 1.75. The Hall–Kier alpha value is -3.18. The number of ether oxygens (including phenoxy) is 2. The third-order valence-electron chi connectivity index (χ3n) is 15.3. The summed E-state index contributed by atoms with van der Waals surface area (Å²) in [5.41, 5.74) is 3.68. The fourth-order valence-electron chi connectivity index (χ4n) is 10.6. The normalized spacial score (nSPS) is 12.3. The molecular formula is C67H114N2O3. The summed E-state index contributed by atoms with van der Waals surface area (Å²) in [6.07, 6.45) is 56.8. The number of unbranched alkanes of at least 4 members (excludes halogenated alkanes) is 38. The predicted molar refractivity (Wildman–Crippen MR) is 317 cm³/mol. The van der Waals surface area contributed by atoms with Gasteiger partial charge in [0.05, 0.1) is 13.2 Å². The van der Waals surface area contributed by atoms with Crippen molar-refractivity contribution >= 4 is 11.4 Å². The van der Waals surface area contributed by atoms with Gasteiger partial charge in [-0.25, -0.2) is 0 Å². The van der Waals surface area contributed by atoms with E-state index in [0.29, 0.717) is 6.42 Å². The van der Waals surface area contributed by atoms with Crippen molar-refractivity contribution in [3.8, 4) is 22.6 Å². The minimum atomic E-state index is -0.530. The Morgan fingerprint density at radius 1 is 0.375 bits per heavy atom. The van der Waals surface area contributed by atoms with Gasteiger partial charge < -0.3 is 25.2 Å². The van der Waals surface area contributed by atoms with Gasteiger partial charge in [-0.1, -0.05) is 301 Å². The van der Waals surface area contributed by atoms with E-state index in [1.807, 2.05) is 18.2 Å². The number of hydrogen-bond donors (Lipinski definition) is 3. The van der Waals surface area contributed by atoms with Gasteiger partial charge in [0.15, 0.2) is 0 Å². The second-order valence-electron chi connectivity index (χ2n) is 21.9. The first kappa shape index (κ1) is 63.1. The molecule has 0 spiro atoms. The van der Waals surface area contributed by atoms with Crippen molar-refractivity contribution in [1.82, 2.24) is 0 Å². The van der Waals surface area contributed by atoms with Gasteiger partial charge in [0, 0.05) is 36.0 Å². The molecule has 3 rings (SSSR count). The molecule has 1 unspecified atom stereocenters. The maximum Gasteiger partial charge on any atom is 0.123 e. The van der Waals surface area contributed by atoms with E-state index in [0.717, 1.165) is 66.5 Å². The van der Waals surface area contributed by atoms with E-state index < -0.39 is 5.66 Å². The maximum atomic E-state index is 10.3. The lowest BCUT2D eigenvalue weighted by atomic mass is 9.98. The van der Waals surface area contributed by atoms with Gasteiger partial charge in [0.2, 0.25) is 0 Å². The Kier molecular flexibility index (Phi) is 39.6. The SMILES string of the molecule is CCCCCCCCCCCCCCCCCCCCCCOc1cc(OCCCCCCCCCCCCCCCCCCCCCC)cc(-c2ccccc2NC(CC)(CCO)Nc2ccccc2)c1. The molecule has 0 aliphatic carbocycles. The average Bonchev–Trinajstić information content (AvgIpc) is 3.40. The van der Waals surface area contributed by atoms with E-state index in [4.69, 9.17) is 9.47 Å². The van der Waals surface area contributed by atoms with E-state index in [1.165, 1.54) is 244 Å². The molecule has 0 aromatic heterocycles. The first-order chi connectivity index (χ1) is 35.6. The fraction of sp³-hybridized carbons (Fsp3) is 0.731. The summed E-state index contributed by atoms with van der Waals surface area (Å²) < 4.78 is 13.1. The average molecular weight is 996 g/mol. The van der Waals surface area contributed by atoms with Gasteiger partial charge >= 0.3 is 0 Å². The summed E-state index contributed by atoms with van der Waals surface area (Å²) in [4.78, 5) is 0. The number of nitrogens with one attached hydrogen (secondary N) is 2. The van der Waals surface area contributed by atoms with Crippen molar-refractivity contribution in [1.29, 1.82) is 0 Å². The van der Waals surface area contributed by atoms with Crippen molar-refractivity contribution < 1.29 is 14.6 Å². The van der Waals surface area contributed by atoms with Crippen LogP contribution in [0.25, 0.3) is 11.1 Å². The number of rotatable bonds is 52. The highest BCUT2D eigenvalue weighted by Crippen LogP contribution is 2.37. The summed E-state index contributed by atoms with van der Waals surface area (Å²) in [6, 6.07) is 25.3. The van der Waals surface area contributed by atoms with E-state index in [9.17, 15) is 5.11 Å². The van der Waals surface area contributed by atoms with Crippen LogP contribution >= 0.6 is 0 Å². The molecule has 3 aromatic carbocycles. The Balaban J connectivity index is 1.40. The largest absolute Gasteiger partial charge is 0.493 e. The van der Waals surface area contributed by atoms with Crippen LogP contribution in [0.4, 0.5) is 11.4 Å². The number of aliphatic hydroxyl groups excluding tert-OH is 1. The molecule has 0 fully saturated rings. The van der Waals surface area contributed by atoms with Gasteiger partial charge in [-0.2, -0.15) is 0 Å². The van der Waals surface area contributed by atoms with E-state index in [2.05, 4.69) is 86.0 Å². The highest BCUT2D eigenvalue weighted by atomic mass is 16.5. The molecule has 0 aliphatic rings. The number of hydrogen-bond acceptors (Lipinski definition) is 5. The Morgan fingerprint density at radius 2 is 0.708 bits per heavy atom. The monoisotopic (exact) mass is 995 g/mol. The predicted octanol–water partition coefficient (Wildman–Crippen LogP) is 21.8. The maximum absolute atomic E-state index is 10.3. The minimum Gasteiger partial charge on any atom is -0.493 e. The molecule has 3 aromatic rings. The second kappa shape index (κ2) is 45.2. The molecule has 0 saturated carbocycles. The van der Waals surface area contributed by atoms with Crippen LogP contribution in [-0.4, -0.2) is 30.6 Å². The summed E-state index contributed by atoms with van der Waals surface area (Å²) in [5, 5.41) is 17.8. The molecule has 0 saturated heterocycles. The van der Waals surface area contributed by atoms with Crippen molar-refractivity contribution in [3.05, 3.63) is 72.8 Å². The Morgan fingerprint density at radius 3 is 1.06 bits per heavy atom. The zero-order valence-electron chi connectivity index (χ0n) is 47.5. The molecule has 72 heavy (non-hydrogen) atoms. The lowest BCUT2D eigenvalue weighted by molar-refractivity contribution is 0.255. The number of anilines is 2. The van der Waals surface area contributed by atoms with E-state index in [-0.39, 0.29) is 6.61 Å². The van der Waals surface area contributed by atoms with Crippen molar-refractivity contribution in [2.24, 2.45) is 0 Å². The zero-order chi connectivity index (χ0) is 51.1. The lowest BCUT2D eigenvalue weighted by Gasteiger charge is -2.37. The summed E-state index contributed by atoms with van der Waals surface area (Å²) >= 11 is 0. The van der Waals surface area contributed by atoms with E-state index >= 15 is 0 Å². The number of benzene rings is 3. The van der Waals surface area contributed by atoms with Gasteiger partial charge in [0.25, 0.3) is 0 Å². The van der Waals surface area contributed by atoms with Crippen molar-refractivity contribution in [2.45, 2.75) is 296 Å². The van der Waals surface area contributed by atoms with Crippen LogP contribution in [0.2, 0.25) is 0 Å². The van der Waals surface area contributed by atoms with Crippen LogP contribution in [0.1, 0.15) is 290 Å². The first-order valence-corrected chi connectivity index (χ1v) is 31.4. The Bertz CT molecular complexity index is 1570. The van der Waals surface area contributed by atoms with Gasteiger partial charge in [-0.05, 0) is 55.2 Å². The fourth-order valence-corrected chi connectivity index (χ4v) is 10.6. The van der Waals surface area contributed by atoms with Crippen LogP contribution in [0.15, 0.2) is 72.8 Å². The van der Waals surface area contributed by atoms with Crippen LogP contribution < -0.4 is 20.1 Å². The van der Waals surface area contributed by atoms with Gasteiger partial charge in [-0.15, -0.1) is 0 Å². The van der Waals surface area contributed by atoms with Gasteiger partial charge in [0.1, 0.15) is 17.2 Å². The first-order valence-electron chi connectivity index (χ1n) is 31.4. The lowest BCUT2D eigenvalue weighted by Crippen LogP contribution is -2.46. The molecule has 5 heteroatoms. The van der Waals surface area contributed by atoms with Crippen LogP contribution in [0.3, 0.4) is 0 Å². The van der Waals surface area contributed by atoms with Crippen molar-refractivity contribution in [3.63, 3.8) is 0 Å². The highest BCUT2D eigenvalue weighted by Gasteiger charge is 2.28. The van der Waals surface area contributed by atoms with Crippen LogP contribution in [0.5, 0.6) is 11.5 Å². The molecule has 410 valence electrons. The zero-order valence-corrected chi connectivity index (χ0v) is 47.5. The Labute approximate surface area is 446 Å². The molecule has 0 heterocycles. The molecular weight excluding hydrogens is 881 g/mol. The van der Waals surface area contributed by atoms with Crippen LogP contribution in [0, 0.1) is 0 Å². The molecule has 3 N–H and O–H groups in total.